The molecular formula is C19H27NO5. The fourth-order valence-electron chi connectivity index (χ4n) is 3.17. The molecule has 25 heavy (non-hydrogen) atoms. The van der Waals surface area contributed by atoms with E-state index in [-0.39, 0.29) is 31.2 Å². The van der Waals surface area contributed by atoms with Gasteiger partial charge in [0.1, 0.15) is 6.61 Å². The number of benzene rings is 1. The summed E-state index contributed by atoms with van der Waals surface area (Å²) in [6.45, 7) is 4.78. The molecule has 0 spiro atoms. The van der Waals surface area contributed by atoms with Gasteiger partial charge in [-0.05, 0) is 38.2 Å². The molecule has 0 aromatic heterocycles. The van der Waals surface area contributed by atoms with Gasteiger partial charge in [-0.2, -0.15) is 0 Å². The summed E-state index contributed by atoms with van der Waals surface area (Å²) >= 11 is 0. The van der Waals surface area contributed by atoms with Crippen molar-refractivity contribution >= 4 is 12.1 Å². The minimum Gasteiger partial charge on any atom is -0.465 e. The van der Waals surface area contributed by atoms with Crippen molar-refractivity contribution in [2.24, 2.45) is 11.3 Å². The van der Waals surface area contributed by atoms with Crippen LogP contribution in [0.2, 0.25) is 0 Å². The third-order valence-corrected chi connectivity index (χ3v) is 4.93. The van der Waals surface area contributed by atoms with Crippen LogP contribution in [0.5, 0.6) is 0 Å². The number of ether oxygens (including phenoxy) is 2. The third-order valence-electron chi connectivity index (χ3n) is 4.93. The Morgan fingerprint density at radius 2 is 1.84 bits per heavy atom. The van der Waals surface area contributed by atoms with Crippen LogP contribution < -0.4 is 0 Å². The van der Waals surface area contributed by atoms with E-state index in [2.05, 4.69) is 0 Å². The number of piperidine rings is 1. The molecule has 1 saturated heterocycles. The molecule has 1 atom stereocenters. The van der Waals surface area contributed by atoms with Gasteiger partial charge in [0.2, 0.25) is 0 Å². The van der Waals surface area contributed by atoms with Crippen LogP contribution in [-0.4, -0.2) is 48.4 Å². The maximum absolute atomic E-state index is 12.2. The summed E-state index contributed by atoms with van der Waals surface area (Å²) in [4.78, 5) is 26.0. The Bertz CT molecular complexity index is 568. The molecule has 1 heterocycles. The summed E-state index contributed by atoms with van der Waals surface area (Å²) in [5, 5.41) is 9.71. The van der Waals surface area contributed by atoms with Gasteiger partial charge in [-0.15, -0.1) is 0 Å². The topological polar surface area (TPSA) is 76.1 Å². The highest BCUT2D eigenvalue weighted by Gasteiger charge is 2.44. The van der Waals surface area contributed by atoms with Crippen LogP contribution in [0.3, 0.4) is 0 Å². The van der Waals surface area contributed by atoms with E-state index < -0.39 is 5.41 Å². The van der Waals surface area contributed by atoms with Crippen molar-refractivity contribution in [3.8, 4) is 0 Å². The van der Waals surface area contributed by atoms with Crippen molar-refractivity contribution in [1.82, 2.24) is 4.90 Å². The molecule has 1 aliphatic heterocycles. The fraction of sp³-hybridized carbons (Fsp3) is 0.579. The molecule has 6 nitrogen and oxygen atoms in total. The molecule has 0 unspecified atom stereocenters. The molecular weight excluding hydrogens is 322 g/mol. The number of esters is 1. The summed E-state index contributed by atoms with van der Waals surface area (Å²) in [7, 11) is 0. The second kappa shape index (κ2) is 8.85. The summed E-state index contributed by atoms with van der Waals surface area (Å²) in [5.41, 5.74) is 0.0247. The van der Waals surface area contributed by atoms with Crippen LogP contribution in [0.1, 0.15) is 32.3 Å². The van der Waals surface area contributed by atoms with E-state index in [1.807, 2.05) is 30.3 Å². The monoisotopic (exact) mass is 349 g/mol. The minimum absolute atomic E-state index is 0.0188. The summed E-state index contributed by atoms with van der Waals surface area (Å²) in [5.74, 6) is -0.391. The molecule has 1 amide bonds. The highest BCUT2D eigenvalue weighted by Crippen LogP contribution is 2.36. The van der Waals surface area contributed by atoms with Crippen molar-refractivity contribution in [2.75, 3.05) is 26.3 Å². The lowest BCUT2D eigenvalue weighted by atomic mass is 9.72. The zero-order valence-electron chi connectivity index (χ0n) is 14.9. The van der Waals surface area contributed by atoms with Gasteiger partial charge in [0.05, 0.1) is 18.6 Å². The minimum atomic E-state index is -0.921. The van der Waals surface area contributed by atoms with Crippen LogP contribution in [0, 0.1) is 11.3 Å². The van der Waals surface area contributed by atoms with Crippen LogP contribution in [0.4, 0.5) is 4.79 Å². The molecule has 1 fully saturated rings. The van der Waals surface area contributed by atoms with Crippen LogP contribution >= 0.6 is 0 Å². The molecule has 2 rings (SSSR count). The number of amides is 1. The predicted octanol–water partition coefficient (Wildman–Crippen LogP) is 2.60. The van der Waals surface area contributed by atoms with E-state index in [1.54, 1.807) is 18.7 Å². The highest BCUT2D eigenvalue weighted by atomic mass is 16.6. The van der Waals surface area contributed by atoms with Gasteiger partial charge in [-0.3, -0.25) is 4.79 Å². The largest absolute Gasteiger partial charge is 0.465 e. The Morgan fingerprint density at radius 3 is 2.40 bits per heavy atom. The number of aliphatic hydroxyl groups is 1. The number of rotatable bonds is 6. The molecule has 0 aliphatic carbocycles. The van der Waals surface area contributed by atoms with E-state index in [4.69, 9.17) is 9.47 Å². The number of likely N-dealkylation sites (tertiary alicyclic amines) is 1. The van der Waals surface area contributed by atoms with E-state index in [9.17, 15) is 14.7 Å². The van der Waals surface area contributed by atoms with Crippen LogP contribution in [0.15, 0.2) is 30.3 Å². The van der Waals surface area contributed by atoms with Gasteiger partial charge in [-0.25, -0.2) is 4.79 Å². The number of carbonyl (C=O) groups excluding carboxylic acids is 2. The third kappa shape index (κ3) is 4.72. The second-order valence-corrected chi connectivity index (χ2v) is 6.60. The summed E-state index contributed by atoms with van der Waals surface area (Å²) < 4.78 is 10.5. The Kier molecular flexibility index (Phi) is 6.82. The molecule has 6 heteroatoms. The average Bonchev–Trinajstić information content (AvgIpc) is 2.66. The maximum Gasteiger partial charge on any atom is 0.410 e. The first-order valence-corrected chi connectivity index (χ1v) is 8.75. The molecule has 0 radical (unpaired) electrons. The molecule has 1 aromatic rings. The van der Waals surface area contributed by atoms with Crippen molar-refractivity contribution < 1.29 is 24.2 Å². The number of carbonyl (C=O) groups is 2. The number of hydrogen-bond donors (Lipinski definition) is 1. The fourth-order valence-corrected chi connectivity index (χ4v) is 3.17. The van der Waals surface area contributed by atoms with Crippen molar-refractivity contribution in [3.63, 3.8) is 0 Å². The lowest BCUT2D eigenvalue weighted by Gasteiger charge is -2.39. The van der Waals surface area contributed by atoms with Crippen molar-refractivity contribution in [2.45, 2.75) is 33.3 Å². The van der Waals surface area contributed by atoms with Crippen molar-refractivity contribution in [1.29, 1.82) is 0 Å². The first kappa shape index (κ1) is 19.2. The van der Waals surface area contributed by atoms with E-state index in [1.165, 1.54) is 0 Å². The summed E-state index contributed by atoms with van der Waals surface area (Å²) in [6, 6.07) is 9.54. The Labute approximate surface area is 148 Å². The first-order chi connectivity index (χ1) is 12.0. The normalized spacial score (nSPS) is 17.6. The van der Waals surface area contributed by atoms with Crippen LogP contribution in [0.25, 0.3) is 0 Å². The molecule has 0 saturated carbocycles. The molecule has 1 aliphatic rings. The smallest absolute Gasteiger partial charge is 0.410 e. The number of nitrogens with zero attached hydrogens (tertiary/aromatic N) is 1. The van der Waals surface area contributed by atoms with Crippen LogP contribution in [-0.2, 0) is 20.9 Å². The van der Waals surface area contributed by atoms with Crippen molar-refractivity contribution in [3.05, 3.63) is 35.9 Å². The van der Waals surface area contributed by atoms with Gasteiger partial charge in [0.15, 0.2) is 0 Å². The van der Waals surface area contributed by atoms with E-state index in [0.717, 1.165) is 5.56 Å². The van der Waals surface area contributed by atoms with Gasteiger partial charge in [0.25, 0.3) is 0 Å². The zero-order valence-corrected chi connectivity index (χ0v) is 14.9. The SMILES string of the molecule is CCOC(=O)[C@](C)(CO)C1CCN(C(=O)OCc2ccccc2)CC1. The second-order valence-electron chi connectivity index (χ2n) is 6.60. The molecule has 138 valence electrons. The standard InChI is InChI=1S/C19H27NO5/c1-3-24-17(22)19(2,14-21)16-9-11-20(12-10-16)18(23)25-13-15-7-5-4-6-8-15/h4-8,16,21H,3,9-14H2,1-2H3/t19-/m1/s1. The molecule has 1 N–H and O–H groups in total. The van der Waals surface area contributed by atoms with Gasteiger partial charge in [-0.1, -0.05) is 30.3 Å². The average molecular weight is 349 g/mol. The first-order valence-electron chi connectivity index (χ1n) is 8.75. The lowest BCUT2D eigenvalue weighted by Crippen LogP contribution is -2.47. The maximum atomic E-state index is 12.2. The zero-order chi connectivity index (χ0) is 18.3. The van der Waals surface area contributed by atoms with E-state index >= 15 is 0 Å². The molecule has 0 bridgehead atoms. The Morgan fingerprint density at radius 1 is 1.20 bits per heavy atom. The number of hydrogen-bond acceptors (Lipinski definition) is 5. The lowest BCUT2D eigenvalue weighted by molar-refractivity contribution is -0.162. The predicted molar refractivity (Wildman–Crippen MR) is 92.7 cm³/mol. The van der Waals surface area contributed by atoms with Gasteiger partial charge < -0.3 is 19.5 Å². The Balaban J connectivity index is 1.85. The highest BCUT2D eigenvalue weighted by molar-refractivity contribution is 5.77. The number of aliphatic hydroxyl groups excluding tert-OH is 1. The van der Waals surface area contributed by atoms with E-state index in [0.29, 0.717) is 32.5 Å². The van der Waals surface area contributed by atoms with Gasteiger partial charge >= 0.3 is 12.1 Å². The Hall–Kier alpha value is -2.08. The summed E-state index contributed by atoms with van der Waals surface area (Å²) in [6.07, 6.45) is 0.927. The quantitative estimate of drug-likeness (QED) is 0.799. The molecule has 1 aromatic carbocycles. The van der Waals surface area contributed by atoms with Gasteiger partial charge in [0, 0.05) is 13.1 Å².